The Morgan fingerprint density at radius 2 is 2.64 bits per heavy atom. The molecular formula is C7H12N2OS. The van der Waals surface area contributed by atoms with E-state index >= 15 is 0 Å². The number of amides is 1. The highest BCUT2D eigenvalue weighted by Gasteiger charge is 2.20. The Bertz CT molecular complexity index is 191. The Morgan fingerprint density at radius 3 is 3.09 bits per heavy atom. The topological polar surface area (TPSA) is 41.5 Å². The highest BCUT2D eigenvalue weighted by Crippen LogP contribution is 2.19. The molecule has 1 N–H and O–H groups in total. The molecule has 0 bridgehead atoms. The SMILES string of the molecule is CCNC(=O)C1=NCC(C)S1. The second-order valence-corrected chi connectivity index (χ2v) is 3.86. The lowest BCUT2D eigenvalue weighted by Gasteiger charge is -2.00. The van der Waals surface area contributed by atoms with E-state index < -0.39 is 0 Å². The summed E-state index contributed by atoms with van der Waals surface area (Å²) < 4.78 is 0. The molecule has 1 rings (SSSR count). The number of hydrogen-bond acceptors (Lipinski definition) is 3. The van der Waals surface area contributed by atoms with Crippen molar-refractivity contribution in [1.29, 1.82) is 0 Å². The summed E-state index contributed by atoms with van der Waals surface area (Å²) in [6.45, 7) is 5.42. The Balaban J connectivity index is 2.43. The van der Waals surface area contributed by atoms with Crippen molar-refractivity contribution in [3.8, 4) is 0 Å². The molecule has 0 saturated carbocycles. The second-order valence-electron chi connectivity index (χ2n) is 2.43. The van der Waals surface area contributed by atoms with Gasteiger partial charge in [-0.05, 0) is 6.92 Å². The summed E-state index contributed by atoms with van der Waals surface area (Å²) in [5.74, 6) is -0.0261. The van der Waals surface area contributed by atoms with Gasteiger partial charge < -0.3 is 5.32 Å². The van der Waals surface area contributed by atoms with Crippen LogP contribution in [-0.2, 0) is 4.79 Å². The molecule has 0 aliphatic carbocycles. The Kier molecular flexibility index (Phi) is 2.93. The molecule has 4 heteroatoms. The average molecular weight is 172 g/mol. The fourth-order valence-electron chi connectivity index (χ4n) is 0.838. The molecule has 62 valence electrons. The summed E-state index contributed by atoms with van der Waals surface area (Å²) in [7, 11) is 0. The van der Waals surface area contributed by atoms with Crippen molar-refractivity contribution in [2.24, 2.45) is 4.99 Å². The van der Waals surface area contributed by atoms with Crippen molar-refractivity contribution in [3.05, 3.63) is 0 Å². The maximum atomic E-state index is 11.1. The van der Waals surface area contributed by atoms with E-state index in [1.54, 1.807) is 11.8 Å². The summed E-state index contributed by atoms with van der Waals surface area (Å²) >= 11 is 1.55. The molecule has 0 saturated heterocycles. The van der Waals surface area contributed by atoms with Gasteiger partial charge in [-0.15, -0.1) is 0 Å². The monoisotopic (exact) mass is 172 g/mol. The number of carbonyl (C=O) groups excluding carboxylic acids is 1. The van der Waals surface area contributed by atoms with Crippen LogP contribution in [0.2, 0.25) is 0 Å². The van der Waals surface area contributed by atoms with Crippen LogP contribution >= 0.6 is 11.8 Å². The first kappa shape index (κ1) is 8.59. The molecular weight excluding hydrogens is 160 g/mol. The van der Waals surface area contributed by atoms with Crippen LogP contribution < -0.4 is 5.32 Å². The molecule has 1 amide bonds. The third-order valence-corrected chi connectivity index (χ3v) is 2.43. The first-order valence-corrected chi connectivity index (χ1v) is 4.61. The molecule has 11 heavy (non-hydrogen) atoms. The minimum absolute atomic E-state index is 0.0261. The number of aliphatic imine (C=N–C) groups is 1. The van der Waals surface area contributed by atoms with Gasteiger partial charge in [-0.25, -0.2) is 0 Å². The zero-order valence-corrected chi connectivity index (χ0v) is 7.57. The number of nitrogens with one attached hydrogen (secondary N) is 1. The quantitative estimate of drug-likeness (QED) is 0.664. The van der Waals surface area contributed by atoms with Crippen molar-refractivity contribution in [2.75, 3.05) is 13.1 Å². The van der Waals surface area contributed by atoms with Gasteiger partial charge in [0.2, 0.25) is 0 Å². The van der Waals surface area contributed by atoms with Crippen LogP contribution in [0, 0.1) is 0 Å². The van der Waals surface area contributed by atoms with Gasteiger partial charge in [-0.2, -0.15) is 0 Å². The smallest absolute Gasteiger partial charge is 0.276 e. The van der Waals surface area contributed by atoms with Crippen molar-refractivity contribution in [1.82, 2.24) is 5.32 Å². The van der Waals surface area contributed by atoms with Gasteiger partial charge in [0.25, 0.3) is 5.91 Å². The summed E-state index contributed by atoms with van der Waals surface area (Å²) in [5.41, 5.74) is 0. The normalized spacial score (nSPS) is 23.1. The van der Waals surface area contributed by atoms with Gasteiger partial charge in [0, 0.05) is 11.8 Å². The van der Waals surface area contributed by atoms with Crippen LogP contribution in [0.1, 0.15) is 13.8 Å². The highest BCUT2D eigenvalue weighted by atomic mass is 32.2. The van der Waals surface area contributed by atoms with Crippen LogP contribution in [0.4, 0.5) is 0 Å². The lowest BCUT2D eigenvalue weighted by atomic mass is 10.5. The number of rotatable bonds is 2. The lowest BCUT2D eigenvalue weighted by molar-refractivity contribution is -0.114. The molecule has 0 aromatic rings. The molecule has 1 atom stereocenters. The third-order valence-electron chi connectivity index (χ3n) is 1.34. The van der Waals surface area contributed by atoms with Crippen molar-refractivity contribution < 1.29 is 4.79 Å². The van der Waals surface area contributed by atoms with Crippen molar-refractivity contribution in [2.45, 2.75) is 19.1 Å². The summed E-state index contributed by atoms with van der Waals surface area (Å²) in [5, 5.41) is 3.82. The molecule has 0 radical (unpaired) electrons. The molecule has 0 aromatic carbocycles. The maximum absolute atomic E-state index is 11.1. The van der Waals surface area contributed by atoms with Gasteiger partial charge in [-0.1, -0.05) is 18.7 Å². The summed E-state index contributed by atoms with van der Waals surface area (Å²) in [6, 6.07) is 0. The Morgan fingerprint density at radius 1 is 1.91 bits per heavy atom. The fourth-order valence-corrected chi connectivity index (χ4v) is 1.70. The second kappa shape index (κ2) is 3.76. The van der Waals surface area contributed by atoms with Gasteiger partial charge in [-0.3, -0.25) is 9.79 Å². The molecule has 0 aromatic heterocycles. The molecule has 1 aliphatic rings. The van der Waals surface area contributed by atoms with Gasteiger partial charge in [0.15, 0.2) is 5.04 Å². The van der Waals surface area contributed by atoms with E-state index in [4.69, 9.17) is 0 Å². The predicted octanol–water partition coefficient (Wildman–Crippen LogP) is 0.656. The largest absolute Gasteiger partial charge is 0.351 e. The van der Waals surface area contributed by atoms with E-state index in [-0.39, 0.29) is 5.91 Å². The van der Waals surface area contributed by atoms with E-state index in [0.717, 1.165) is 6.54 Å². The zero-order valence-electron chi connectivity index (χ0n) is 6.76. The first-order chi connectivity index (χ1) is 5.24. The maximum Gasteiger partial charge on any atom is 0.276 e. The molecule has 0 fully saturated rings. The van der Waals surface area contributed by atoms with E-state index in [9.17, 15) is 4.79 Å². The molecule has 1 aliphatic heterocycles. The number of carbonyl (C=O) groups is 1. The van der Waals surface area contributed by atoms with Crippen LogP contribution in [0.3, 0.4) is 0 Å². The fraction of sp³-hybridized carbons (Fsp3) is 0.714. The van der Waals surface area contributed by atoms with Crippen LogP contribution in [0.5, 0.6) is 0 Å². The molecule has 1 heterocycles. The number of hydrogen-bond donors (Lipinski definition) is 1. The number of nitrogens with zero attached hydrogens (tertiary/aromatic N) is 1. The van der Waals surface area contributed by atoms with Crippen LogP contribution in [0.25, 0.3) is 0 Å². The first-order valence-electron chi connectivity index (χ1n) is 3.73. The van der Waals surface area contributed by atoms with E-state index in [2.05, 4.69) is 17.2 Å². The third kappa shape index (κ3) is 2.22. The zero-order chi connectivity index (χ0) is 8.27. The van der Waals surface area contributed by atoms with Crippen LogP contribution in [0.15, 0.2) is 4.99 Å². The van der Waals surface area contributed by atoms with Crippen molar-refractivity contribution in [3.63, 3.8) is 0 Å². The van der Waals surface area contributed by atoms with Crippen LogP contribution in [-0.4, -0.2) is 29.3 Å². The molecule has 3 nitrogen and oxygen atoms in total. The van der Waals surface area contributed by atoms with Crippen molar-refractivity contribution >= 4 is 22.7 Å². The minimum Gasteiger partial charge on any atom is -0.351 e. The standard InChI is InChI=1S/C7H12N2OS/c1-3-8-6(10)7-9-4-5(2)11-7/h5H,3-4H2,1-2H3,(H,8,10). The van der Waals surface area contributed by atoms with E-state index in [1.165, 1.54) is 0 Å². The molecule has 0 spiro atoms. The Hall–Kier alpha value is -0.510. The summed E-state index contributed by atoms with van der Waals surface area (Å²) in [4.78, 5) is 15.2. The van der Waals surface area contributed by atoms with E-state index in [1.807, 2.05) is 6.92 Å². The highest BCUT2D eigenvalue weighted by molar-refractivity contribution is 8.16. The summed E-state index contributed by atoms with van der Waals surface area (Å²) in [6.07, 6.45) is 0. The minimum atomic E-state index is -0.0261. The van der Waals surface area contributed by atoms with Gasteiger partial charge >= 0.3 is 0 Å². The average Bonchev–Trinajstić information content (AvgIpc) is 2.36. The number of thioether (sulfide) groups is 1. The Labute approximate surface area is 70.7 Å². The predicted molar refractivity (Wildman–Crippen MR) is 48.0 cm³/mol. The van der Waals surface area contributed by atoms with Gasteiger partial charge in [0.05, 0.1) is 6.54 Å². The van der Waals surface area contributed by atoms with E-state index in [0.29, 0.717) is 16.8 Å². The van der Waals surface area contributed by atoms with Gasteiger partial charge in [0.1, 0.15) is 0 Å². The lowest BCUT2D eigenvalue weighted by Crippen LogP contribution is -2.28. The molecule has 1 unspecified atom stereocenters.